The Hall–Kier alpha value is -8.23. The molecule has 572 valence electrons. The molecule has 0 heterocycles. The zero-order chi connectivity index (χ0) is 75.3. The maximum absolute atomic E-state index is 12.3. The van der Waals surface area contributed by atoms with Crippen LogP contribution in [0, 0.1) is 11.8 Å². The van der Waals surface area contributed by atoms with Crippen LogP contribution in [0.15, 0.2) is 255 Å². The first-order valence-corrected chi connectivity index (χ1v) is 37.8. The number of nitrogens with one attached hydrogen (secondary N) is 3. The average Bonchev–Trinajstić information content (AvgIpc) is 0.928. The van der Waals surface area contributed by atoms with Crippen LogP contribution in [0.5, 0.6) is 0 Å². The van der Waals surface area contributed by atoms with Gasteiger partial charge >= 0.3 is 18.3 Å². The smallest absolute Gasteiger partial charge is 0.408 e. The van der Waals surface area contributed by atoms with Gasteiger partial charge in [0.15, 0.2) is 0 Å². The quantitative estimate of drug-likeness (QED) is 0.0144. The number of hydrogen-bond donors (Lipinski definition) is 6. The Morgan fingerprint density at radius 2 is 0.610 bits per heavy atom. The van der Waals surface area contributed by atoms with E-state index >= 15 is 0 Å². The molecule has 0 aromatic heterocycles. The molecule has 0 aliphatic carbocycles. The van der Waals surface area contributed by atoms with Crippen LogP contribution in [0.4, 0.5) is 14.4 Å². The molecule has 0 unspecified atom stereocenters. The van der Waals surface area contributed by atoms with Gasteiger partial charge in [-0.15, -0.1) is 11.6 Å². The average molecular weight is 1470 g/mol. The van der Waals surface area contributed by atoms with Crippen molar-refractivity contribution in [1.82, 2.24) is 22.1 Å². The third-order valence-electron chi connectivity index (χ3n) is 16.3. The molecule has 0 aliphatic heterocycles. The fraction of sp³-hybridized carbons (Fsp3) is 0.418. The Balaban J connectivity index is 0.000000471. The first-order valence-electron chi connectivity index (χ1n) is 37.3. The topological polar surface area (TPSA) is 202 Å². The van der Waals surface area contributed by atoms with Gasteiger partial charge in [-0.05, 0) is 209 Å². The van der Waals surface area contributed by atoms with Gasteiger partial charge in [0.1, 0.15) is 16.8 Å². The Bertz CT molecular complexity index is 3340. The van der Waals surface area contributed by atoms with Gasteiger partial charge in [0.2, 0.25) is 0 Å². The summed E-state index contributed by atoms with van der Waals surface area (Å²) in [6.45, 7) is 25.4. The van der Waals surface area contributed by atoms with Gasteiger partial charge in [0.25, 0.3) is 0 Å². The van der Waals surface area contributed by atoms with Crippen molar-refractivity contribution < 1.29 is 41.0 Å². The van der Waals surface area contributed by atoms with Crippen LogP contribution in [0.25, 0.3) is 0 Å². The Morgan fingerprint density at radius 3 is 0.933 bits per heavy atom. The molecule has 0 fully saturated rings. The summed E-state index contributed by atoms with van der Waals surface area (Å²) < 4.78 is 16.3. The molecule has 0 aliphatic rings. The lowest BCUT2D eigenvalue weighted by Crippen LogP contribution is -3.00. The molecule has 0 saturated carbocycles. The molecular weight excluding hydrogens is 1340 g/mol. The van der Waals surface area contributed by atoms with Crippen LogP contribution in [-0.4, -0.2) is 70.7 Å². The lowest BCUT2D eigenvalue weighted by molar-refractivity contribution is -0.0000875. The minimum Gasteiger partial charge on any atom is -1.00 e. The first kappa shape index (κ1) is 92.9. The van der Waals surface area contributed by atoms with Crippen molar-refractivity contribution in [2.24, 2.45) is 23.3 Å². The normalized spacial score (nSPS) is 13.3. The van der Waals surface area contributed by atoms with Gasteiger partial charge in [0, 0.05) is 29.5 Å². The summed E-state index contributed by atoms with van der Waals surface area (Å²) >= 11 is 6.41. The monoisotopic (exact) mass is 1470 g/mol. The van der Waals surface area contributed by atoms with E-state index in [1.54, 1.807) is 0 Å². The Labute approximate surface area is 644 Å². The van der Waals surface area contributed by atoms with Gasteiger partial charge < -0.3 is 60.2 Å². The fourth-order valence-corrected chi connectivity index (χ4v) is 11.8. The maximum Gasteiger partial charge on any atom is 0.408 e. The molecule has 8 atom stereocenters. The number of benzene rings is 8. The molecular formula is C91H127Cl2N6O6-. The SMILES string of the molecule is CC.CC(C)(C)OC(=O)N[C@H](CC[C@@H](N)Cc1ccccc1)Cc1ccccc1.C[C@H](/C=C/[C@H](Cc1ccccc1)NC(=O)OC(C)(C)C)Cc1ccccc1.C[C@H](CC[C@H](Cc1ccccc1)NC(=O)OC(C)(C)C)Cc1ccccc1.N.N[C@H](CC[C@@H](Cl)Cc1ccccc1)Cc1ccccc1.[Cl-]. The van der Waals surface area contributed by atoms with E-state index in [1.807, 2.05) is 167 Å². The van der Waals surface area contributed by atoms with Gasteiger partial charge in [-0.25, -0.2) is 14.4 Å². The first-order chi connectivity index (χ1) is 49.2. The zero-order valence-electron chi connectivity index (χ0n) is 65.3. The van der Waals surface area contributed by atoms with E-state index in [4.69, 9.17) is 37.3 Å². The highest BCUT2D eigenvalue weighted by atomic mass is 35.5. The van der Waals surface area contributed by atoms with Crippen LogP contribution < -0.4 is 46.0 Å². The van der Waals surface area contributed by atoms with Gasteiger partial charge in [-0.2, -0.15) is 0 Å². The molecule has 3 amide bonds. The summed E-state index contributed by atoms with van der Waals surface area (Å²) in [6.07, 6.45) is 15.8. The Morgan fingerprint density at radius 1 is 0.352 bits per heavy atom. The second kappa shape index (κ2) is 51.9. The van der Waals surface area contributed by atoms with Crippen molar-refractivity contribution in [3.05, 3.63) is 299 Å². The highest BCUT2D eigenvalue weighted by molar-refractivity contribution is 6.20. The minimum atomic E-state index is -0.509. The van der Waals surface area contributed by atoms with Crippen molar-refractivity contribution in [2.75, 3.05) is 0 Å². The van der Waals surface area contributed by atoms with Gasteiger partial charge in [-0.3, -0.25) is 0 Å². The molecule has 10 N–H and O–H groups in total. The summed E-state index contributed by atoms with van der Waals surface area (Å²) in [5.74, 6) is 0.942. The number of hydrogen-bond acceptors (Lipinski definition) is 9. The fourth-order valence-electron chi connectivity index (χ4n) is 11.5. The molecule has 8 rings (SSSR count). The van der Waals surface area contributed by atoms with E-state index in [1.165, 1.54) is 44.5 Å². The van der Waals surface area contributed by atoms with Crippen LogP contribution in [0.1, 0.15) is 173 Å². The van der Waals surface area contributed by atoms with Crippen LogP contribution >= 0.6 is 11.6 Å². The van der Waals surface area contributed by atoms with Crippen molar-refractivity contribution >= 4 is 29.9 Å². The molecule has 8 aromatic carbocycles. The third kappa shape index (κ3) is 46.4. The highest BCUT2D eigenvalue weighted by Crippen LogP contribution is 2.21. The summed E-state index contributed by atoms with van der Waals surface area (Å²) in [6, 6.07) is 83.0. The van der Waals surface area contributed by atoms with Crippen LogP contribution in [-0.2, 0) is 65.6 Å². The number of alkyl halides is 1. The van der Waals surface area contributed by atoms with Crippen LogP contribution in [0.2, 0.25) is 0 Å². The van der Waals surface area contributed by atoms with Crippen LogP contribution in [0.3, 0.4) is 0 Å². The number of carbonyl (C=O) groups is 3. The van der Waals surface area contributed by atoms with E-state index in [0.29, 0.717) is 11.8 Å². The number of halogens is 2. The summed E-state index contributed by atoms with van der Waals surface area (Å²) in [7, 11) is 0. The standard InChI is InChI=1S/C24H33NO2.C24H31NO2.C23H32N2O2.C18H22ClN.C2H6.ClH.H3N/c2*1-19(17-20-11-7-5-8-12-20)15-16-22(18-21-13-9-6-10-14-21)25-23(26)27-24(2,3)4;1-23(2,3)27-22(26)25-21(17-19-12-8-5-9-13-19)15-14-20(24)16-18-10-6-4-7-11-18;19-17(13-15-7-3-1-4-8-15)11-12-18(20)14-16-9-5-2-6-10-16;1-2;;/h5-14,19,22H,15-18H2,1-4H3,(H,25,26);5-16,19,22H,17-18H2,1-4H3,(H,25,26);4-13,20-21H,14-17,24H2,1-3H3,(H,25,26);1-10,17-18H,11-14,20H2;1-2H3;1H;1H3/p-1/b;16-15+;;;;;/t2*19-,22-;20-,21-;17-,18-;;;/m1111.../s1. The van der Waals surface area contributed by atoms with Crippen molar-refractivity contribution in [3.63, 3.8) is 0 Å². The number of alkyl carbamates (subject to hydrolysis) is 3. The number of allylic oxidation sites excluding steroid dienone is 1. The highest BCUT2D eigenvalue weighted by Gasteiger charge is 2.24. The zero-order valence-corrected chi connectivity index (χ0v) is 66.8. The molecule has 0 bridgehead atoms. The second-order valence-electron chi connectivity index (χ2n) is 29.8. The maximum atomic E-state index is 12.3. The number of carbonyl (C=O) groups excluding carboxylic acids is 3. The molecule has 0 radical (unpaired) electrons. The van der Waals surface area contributed by atoms with E-state index < -0.39 is 16.8 Å². The largest absolute Gasteiger partial charge is 1.00 e. The number of ether oxygens (including phenoxy) is 3. The third-order valence-corrected chi connectivity index (χ3v) is 16.7. The Kier molecular flexibility index (Phi) is 45.9. The predicted molar refractivity (Wildman–Crippen MR) is 438 cm³/mol. The molecule has 12 nitrogen and oxygen atoms in total. The van der Waals surface area contributed by atoms with Gasteiger partial charge in [-0.1, -0.05) is 283 Å². The number of amides is 3. The van der Waals surface area contributed by atoms with Crippen molar-refractivity contribution in [3.8, 4) is 0 Å². The molecule has 105 heavy (non-hydrogen) atoms. The lowest BCUT2D eigenvalue weighted by Gasteiger charge is -2.24. The van der Waals surface area contributed by atoms with E-state index in [9.17, 15) is 14.4 Å². The van der Waals surface area contributed by atoms with Crippen molar-refractivity contribution in [1.29, 1.82) is 0 Å². The summed E-state index contributed by atoms with van der Waals surface area (Å²) in [5, 5.41) is 9.26. The lowest BCUT2D eigenvalue weighted by atomic mass is 9.93. The van der Waals surface area contributed by atoms with E-state index in [2.05, 4.69) is 194 Å². The van der Waals surface area contributed by atoms with Gasteiger partial charge in [0.05, 0.1) is 6.04 Å². The number of nitrogens with two attached hydrogens (primary N) is 2. The molecule has 14 heteroatoms. The summed E-state index contributed by atoms with van der Waals surface area (Å²) in [5.41, 5.74) is 21.1. The summed E-state index contributed by atoms with van der Waals surface area (Å²) in [4.78, 5) is 36.7. The molecule has 8 aromatic rings. The predicted octanol–water partition coefficient (Wildman–Crippen LogP) is 18.2. The van der Waals surface area contributed by atoms with E-state index in [-0.39, 0.29) is 72.4 Å². The van der Waals surface area contributed by atoms with Crippen molar-refractivity contribution in [2.45, 2.75) is 232 Å². The minimum absolute atomic E-state index is 0. The number of rotatable bonds is 30. The van der Waals surface area contributed by atoms with E-state index in [0.717, 1.165) is 89.9 Å². The molecule has 0 spiro atoms. The molecule has 0 saturated heterocycles. The second-order valence-corrected chi connectivity index (χ2v) is 30.4.